The van der Waals surface area contributed by atoms with E-state index in [4.69, 9.17) is 77.8 Å². The molecule has 448 valence electrons. The van der Waals surface area contributed by atoms with Crippen LogP contribution in [0, 0.1) is 0 Å². The lowest BCUT2D eigenvalue weighted by atomic mass is 9.94. The number of ether oxygens (including phenoxy) is 14. The molecule has 0 aromatic rings. The zero-order valence-corrected chi connectivity index (χ0v) is 40.5. The maximum Gasteiger partial charge on any atom is 0.187 e. The number of aliphatic hydroxyl groups is 19. The first-order chi connectivity index (χ1) is 36.7. The van der Waals surface area contributed by atoms with E-state index < -0.39 is 261 Å². The molecule has 0 aliphatic carbocycles. The summed E-state index contributed by atoms with van der Waals surface area (Å²) < 4.78 is 80.4. The molecule has 21 aliphatic heterocycles. The highest BCUT2D eigenvalue weighted by atomic mass is 16.8. The van der Waals surface area contributed by atoms with Crippen molar-refractivity contribution in [2.24, 2.45) is 11.5 Å². The molecule has 0 aromatic carbocycles. The van der Waals surface area contributed by atoms with Gasteiger partial charge in [-0.25, -0.2) is 0 Å². The Morgan fingerprint density at radius 2 is 0.338 bits per heavy atom. The minimum absolute atomic E-state index is 0.961. The molecule has 0 spiro atoms. The second-order valence-electron chi connectivity index (χ2n) is 19.8. The topological polar surface area (TPSA) is 566 Å². The molecular formula is C42H72N2O33. The molecule has 14 bridgehead atoms. The number of hydrogen-bond acceptors (Lipinski definition) is 35. The van der Waals surface area contributed by atoms with Crippen molar-refractivity contribution in [3.63, 3.8) is 0 Å². The minimum atomic E-state index is -2.18. The third-order valence-electron chi connectivity index (χ3n) is 15.0. The molecule has 0 unspecified atom stereocenters. The van der Waals surface area contributed by atoms with Crippen molar-refractivity contribution in [1.29, 1.82) is 0 Å². The first kappa shape index (κ1) is 61.7. The summed E-state index contributed by atoms with van der Waals surface area (Å²) in [4.78, 5) is 0. The predicted molar refractivity (Wildman–Crippen MR) is 232 cm³/mol. The average Bonchev–Trinajstić information content (AvgIpc) is 3.45. The van der Waals surface area contributed by atoms with Gasteiger partial charge < -0.3 is 175 Å². The Morgan fingerprint density at radius 1 is 0.195 bits per heavy atom. The van der Waals surface area contributed by atoms with Crippen LogP contribution in [0.1, 0.15) is 0 Å². The quantitative estimate of drug-likeness (QED) is 0.113. The summed E-state index contributed by atoms with van der Waals surface area (Å²) >= 11 is 0. The highest BCUT2D eigenvalue weighted by Gasteiger charge is 2.59. The van der Waals surface area contributed by atoms with E-state index in [9.17, 15) is 97.0 Å². The summed E-state index contributed by atoms with van der Waals surface area (Å²) in [5.74, 6) is 0. The monoisotopic (exact) mass is 1130 g/mol. The Labute approximate surface area is 435 Å². The van der Waals surface area contributed by atoms with Gasteiger partial charge in [0.25, 0.3) is 0 Å². The first-order valence-electron chi connectivity index (χ1n) is 24.8. The van der Waals surface area contributed by atoms with Crippen molar-refractivity contribution in [1.82, 2.24) is 0 Å². The summed E-state index contributed by atoms with van der Waals surface area (Å²) in [6.07, 6.45) is -63.2. The fourth-order valence-corrected chi connectivity index (χ4v) is 10.5. The van der Waals surface area contributed by atoms with Crippen LogP contribution in [0.5, 0.6) is 0 Å². The van der Waals surface area contributed by atoms with Crippen LogP contribution in [0.3, 0.4) is 0 Å². The van der Waals surface area contributed by atoms with Gasteiger partial charge in [0.05, 0.1) is 58.3 Å². The second-order valence-corrected chi connectivity index (χ2v) is 19.8. The summed E-state index contributed by atoms with van der Waals surface area (Å²) in [6.45, 7) is -6.97. The largest absolute Gasteiger partial charge is 0.394 e. The number of aliphatic hydroxyl groups excluding tert-OH is 19. The van der Waals surface area contributed by atoms with Crippen LogP contribution in [0.2, 0.25) is 0 Å². The molecule has 35 atom stereocenters. The number of nitrogens with two attached hydrogens (primary N) is 2. The highest BCUT2D eigenvalue weighted by molar-refractivity contribution is 5.02. The Bertz CT molecular complexity index is 1480. The first-order valence-corrected chi connectivity index (χ1v) is 24.8. The zero-order chi connectivity index (χ0) is 56.1. The van der Waals surface area contributed by atoms with E-state index in [1.807, 2.05) is 0 Å². The lowest BCUT2D eigenvalue weighted by Gasteiger charge is -2.50. The van der Waals surface area contributed by atoms with Gasteiger partial charge >= 0.3 is 0 Å². The molecule has 21 fully saturated rings. The van der Waals surface area contributed by atoms with Gasteiger partial charge in [-0.3, -0.25) is 0 Å². The van der Waals surface area contributed by atoms with Gasteiger partial charge in [0.15, 0.2) is 44.0 Å². The van der Waals surface area contributed by atoms with Gasteiger partial charge in [-0.2, -0.15) is 0 Å². The van der Waals surface area contributed by atoms with E-state index in [1.165, 1.54) is 0 Å². The van der Waals surface area contributed by atoms with Crippen LogP contribution in [0.4, 0.5) is 0 Å². The highest BCUT2D eigenvalue weighted by Crippen LogP contribution is 2.38. The van der Waals surface area contributed by atoms with E-state index >= 15 is 0 Å². The van der Waals surface area contributed by atoms with Crippen molar-refractivity contribution < 1.29 is 163 Å². The molecule has 0 amide bonds. The van der Waals surface area contributed by atoms with Gasteiger partial charge in [0.2, 0.25) is 0 Å². The van der Waals surface area contributed by atoms with Crippen LogP contribution in [-0.2, 0) is 66.3 Å². The van der Waals surface area contributed by atoms with Crippen LogP contribution in [0.15, 0.2) is 0 Å². The second kappa shape index (κ2) is 26.0. The van der Waals surface area contributed by atoms with Crippen molar-refractivity contribution in [2.45, 2.75) is 215 Å². The van der Waals surface area contributed by atoms with E-state index in [-0.39, 0.29) is 0 Å². The molecule has 21 aliphatic rings. The Balaban J connectivity index is 1.08. The lowest BCUT2D eigenvalue weighted by Crippen LogP contribution is -2.69. The molecule has 21 heterocycles. The fraction of sp³-hybridized carbons (Fsp3) is 1.00. The van der Waals surface area contributed by atoms with E-state index in [2.05, 4.69) is 0 Å². The smallest absolute Gasteiger partial charge is 0.187 e. The Hall–Kier alpha value is -1.40. The third kappa shape index (κ3) is 12.1. The van der Waals surface area contributed by atoms with Crippen molar-refractivity contribution in [3.8, 4) is 0 Å². The molecule has 21 saturated heterocycles. The lowest BCUT2D eigenvalue weighted by molar-refractivity contribution is -0.392. The summed E-state index contributed by atoms with van der Waals surface area (Å²) in [7, 11) is 0. The molecule has 35 nitrogen and oxygen atoms in total. The number of rotatable bonds is 7. The van der Waals surface area contributed by atoms with E-state index in [1.54, 1.807) is 0 Å². The molecule has 0 saturated carbocycles. The summed E-state index contributed by atoms with van der Waals surface area (Å²) in [6, 6.07) is -3.32. The number of hydrogen-bond donors (Lipinski definition) is 21. The Morgan fingerprint density at radius 3 is 0.506 bits per heavy atom. The average molecular weight is 1130 g/mol. The maximum atomic E-state index is 11.4. The van der Waals surface area contributed by atoms with Gasteiger partial charge in [-0.1, -0.05) is 0 Å². The fourth-order valence-electron chi connectivity index (χ4n) is 10.5. The molecule has 21 rings (SSSR count). The SMILES string of the molecule is N[C@@H]1[C@@H](O)[C@H]2O[C@H]3[C@H](O)[C@@H](O)[C@@H](O[C@H]4[C@H](O)[C@@H](O)[C@@H](O[C@H]5[C@@H](O)[C@H](O)[C@@H](O[C@H]6[C@@H](N)[C@H](O)[C@@H](O[C@H]7[C@H](O)[C@@H](O)[C@@H](O[C@H]8[C@H](O)[C@@H](O)[C@@H](O[C@@H]1[C@@H](CO)O2)O[C@@H]8CO)O[C@@H]7CO)O[C@@H]6CO)O[C@@H]5CO)O[C@@H]4CO)O[C@@H]3CO. The van der Waals surface area contributed by atoms with Crippen LogP contribution < -0.4 is 11.5 Å². The summed E-state index contributed by atoms with van der Waals surface area (Å²) in [5, 5.41) is 209. The standard InChI is InChI=1S/C42H72N2O33/c43-15-17(52)36-64-9(2-46)30(15)72-39-25(60)20(55)34(13(6-50)67-39)76-42-28(63)23(58)35(14(7-51)70-42)77-41-27(62)22(57)32(11(4-48)69-41)74-37-18(53)16(44)29(8(1-45)65-37)71-38-24(59)19(54)33(12(5-49)66-38)75-40-26(61)21(56)31(73-36)10(3-47)68-40/h8-42,45-63H,1-7,43-44H2/t8-,9-,10-,11-,12-,13-,14-,15+,16-,17+,18-,19-,20+,21-,22-,23-,24-,25+,26-,27-,28-,29-,30-,31-,32-,33-,34-,35-,36-,37-,38-,39-,40-,41-,42-/m1/s1. The van der Waals surface area contributed by atoms with Crippen LogP contribution >= 0.6 is 0 Å². The van der Waals surface area contributed by atoms with Gasteiger partial charge in [0.1, 0.15) is 159 Å². The third-order valence-corrected chi connectivity index (χ3v) is 15.0. The van der Waals surface area contributed by atoms with E-state index in [0.29, 0.717) is 0 Å². The van der Waals surface area contributed by atoms with Crippen molar-refractivity contribution in [2.75, 3.05) is 46.2 Å². The summed E-state index contributed by atoms with van der Waals surface area (Å²) in [5.41, 5.74) is 12.7. The zero-order valence-electron chi connectivity index (χ0n) is 40.5. The van der Waals surface area contributed by atoms with Crippen LogP contribution in [-0.4, -0.2) is 358 Å². The predicted octanol–water partition coefficient (Wildman–Crippen LogP) is -15.3. The minimum Gasteiger partial charge on any atom is -0.394 e. The molecule has 35 heteroatoms. The van der Waals surface area contributed by atoms with Crippen molar-refractivity contribution >= 4 is 0 Å². The van der Waals surface area contributed by atoms with Gasteiger partial charge in [0, 0.05) is 0 Å². The van der Waals surface area contributed by atoms with E-state index in [0.717, 1.165) is 0 Å². The molecular weight excluding hydrogens is 1060 g/mol. The molecule has 0 aromatic heterocycles. The molecule has 77 heavy (non-hydrogen) atoms. The molecule has 0 radical (unpaired) electrons. The normalized spacial score (nSPS) is 55.4. The molecule has 23 N–H and O–H groups in total. The Kier molecular flexibility index (Phi) is 20.8. The van der Waals surface area contributed by atoms with Gasteiger partial charge in [-0.05, 0) is 0 Å². The maximum absolute atomic E-state index is 11.4. The van der Waals surface area contributed by atoms with Crippen LogP contribution in [0.25, 0.3) is 0 Å². The van der Waals surface area contributed by atoms with Gasteiger partial charge in [-0.15, -0.1) is 0 Å². The van der Waals surface area contributed by atoms with Crippen molar-refractivity contribution in [3.05, 3.63) is 0 Å².